The minimum atomic E-state index is -3.83. The van der Waals surface area contributed by atoms with Gasteiger partial charge in [-0.05, 0) is 61.3 Å². The molecule has 0 spiro atoms. The maximum atomic E-state index is 12.7. The molecule has 0 atom stereocenters. The normalized spacial score (nSPS) is 17.5. The van der Waals surface area contributed by atoms with Crippen LogP contribution >= 0.6 is 0 Å². The number of amides is 2. The number of hydrogen-bond acceptors (Lipinski definition) is 5. The number of hydrazone groups is 1. The lowest BCUT2D eigenvalue weighted by Crippen LogP contribution is -2.37. The van der Waals surface area contributed by atoms with E-state index in [9.17, 15) is 18.0 Å². The second-order valence-corrected chi connectivity index (χ2v) is 10.9. The summed E-state index contributed by atoms with van der Waals surface area (Å²) in [5.41, 5.74) is 4.20. The number of rotatable bonds is 6. The number of likely N-dealkylation sites (N-methyl/N-ethyl adjacent to an activating group) is 1. The number of hydrogen-bond donors (Lipinski definition) is 2. The van der Waals surface area contributed by atoms with Gasteiger partial charge in [-0.1, -0.05) is 20.8 Å². The fraction of sp³-hybridized carbons (Fsp3) is 0.571. The molecule has 0 bridgehead atoms. The van der Waals surface area contributed by atoms with E-state index >= 15 is 0 Å². The van der Waals surface area contributed by atoms with Gasteiger partial charge in [0.1, 0.15) is 0 Å². The first kappa shape index (κ1) is 24.0. The second-order valence-electron chi connectivity index (χ2n) is 8.82. The summed E-state index contributed by atoms with van der Waals surface area (Å²) in [4.78, 5) is 23.3. The number of carbonyl (C=O) groups is 2. The molecule has 8 nitrogen and oxygen atoms in total. The number of benzene rings is 1. The zero-order valence-corrected chi connectivity index (χ0v) is 19.2. The topological polar surface area (TPSA) is 108 Å². The molecule has 1 saturated carbocycles. The van der Waals surface area contributed by atoms with E-state index in [0.29, 0.717) is 11.6 Å². The molecule has 1 aliphatic carbocycles. The van der Waals surface area contributed by atoms with E-state index in [4.69, 9.17) is 0 Å². The quantitative estimate of drug-likeness (QED) is 0.668. The molecule has 1 aromatic rings. The zero-order valence-electron chi connectivity index (χ0n) is 18.4. The van der Waals surface area contributed by atoms with Crippen molar-refractivity contribution in [1.29, 1.82) is 0 Å². The molecule has 0 heterocycles. The van der Waals surface area contributed by atoms with Crippen molar-refractivity contribution in [3.8, 4) is 0 Å². The van der Waals surface area contributed by atoms with Crippen LogP contribution in [0.1, 0.15) is 53.4 Å². The fourth-order valence-electron chi connectivity index (χ4n) is 3.49. The molecule has 1 aliphatic rings. The number of carbonyl (C=O) groups excluding carboxylic acids is 2. The van der Waals surface area contributed by atoms with Gasteiger partial charge in [-0.2, -0.15) is 9.41 Å². The molecule has 166 valence electrons. The van der Waals surface area contributed by atoms with Crippen LogP contribution in [-0.2, 0) is 19.6 Å². The van der Waals surface area contributed by atoms with Gasteiger partial charge in [-0.3, -0.25) is 9.59 Å². The molecule has 9 heteroatoms. The maximum Gasteiger partial charge on any atom is 0.255 e. The Hall–Kier alpha value is -2.26. The van der Waals surface area contributed by atoms with Crippen molar-refractivity contribution in [2.24, 2.45) is 16.4 Å². The minimum Gasteiger partial charge on any atom is -0.326 e. The first-order valence-electron chi connectivity index (χ1n) is 10.1. The van der Waals surface area contributed by atoms with E-state index in [1.807, 2.05) is 0 Å². The van der Waals surface area contributed by atoms with Crippen LogP contribution in [0.5, 0.6) is 0 Å². The summed E-state index contributed by atoms with van der Waals surface area (Å²) in [6.07, 6.45) is 3.77. The Bertz CT molecular complexity index is 892. The van der Waals surface area contributed by atoms with E-state index in [1.54, 1.807) is 0 Å². The number of anilines is 1. The Morgan fingerprint density at radius 2 is 1.70 bits per heavy atom. The highest BCUT2D eigenvalue weighted by Crippen LogP contribution is 2.36. The summed E-state index contributed by atoms with van der Waals surface area (Å²) < 4.78 is 26.3. The Morgan fingerprint density at radius 1 is 1.13 bits per heavy atom. The molecule has 0 saturated heterocycles. The maximum absolute atomic E-state index is 12.7. The van der Waals surface area contributed by atoms with Crippen LogP contribution < -0.4 is 10.7 Å². The molecule has 2 rings (SSSR count). The Kier molecular flexibility index (Phi) is 7.76. The van der Waals surface area contributed by atoms with Crippen molar-refractivity contribution in [3.63, 3.8) is 0 Å². The SMILES string of the molecule is CC(=O)Nc1ccc(S(=O)(=O)N(C)CC(=O)NN=C2CCC(C(C)(C)C)CC2)cc1. The number of sulfonamides is 1. The van der Waals surface area contributed by atoms with Crippen LogP contribution in [0.25, 0.3) is 0 Å². The Labute approximate surface area is 179 Å². The first-order valence-corrected chi connectivity index (χ1v) is 11.5. The number of nitrogens with one attached hydrogen (secondary N) is 2. The molecule has 30 heavy (non-hydrogen) atoms. The van der Waals surface area contributed by atoms with Crippen molar-refractivity contribution < 1.29 is 18.0 Å². The molecule has 0 aliphatic heterocycles. The molecule has 1 fully saturated rings. The molecular weight excluding hydrogens is 404 g/mol. The zero-order chi connectivity index (χ0) is 22.5. The van der Waals surface area contributed by atoms with Crippen LogP contribution in [0.2, 0.25) is 0 Å². The third-order valence-electron chi connectivity index (χ3n) is 5.38. The summed E-state index contributed by atoms with van der Waals surface area (Å²) >= 11 is 0. The Balaban J connectivity index is 1.91. The van der Waals surface area contributed by atoms with Gasteiger partial charge in [0.15, 0.2) is 0 Å². The van der Waals surface area contributed by atoms with Crippen molar-refractivity contribution in [1.82, 2.24) is 9.73 Å². The standard InChI is InChI=1S/C21H32N4O4S/c1-15(26)22-17-10-12-19(13-11-17)30(28,29)25(5)14-20(27)24-23-18-8-6-16(7-9-18)21(2,3)4/h10-13,16H,6-9,14H2,1-5H3,(H,22,26)(H,24,27). The number of nitrogens with zero attached hydrogens (tertiary/aromatic N) is 2. The molecular formula is C21H32N4O4S. The lowest BCUT2D eigenvalue weighted by atomic mass is 9.72. The van der Waals surface area contributed by atoms with Gasteiger partial charge in [0.25, 0.3) is 5.91 Å². The van der Waals surface area contributed by atoms with Crippen molar-refractivity contribution >= 4 is 33.2 Å². The molecule has 0 radical (unpaired) electrons. The molecule has 0 unspecified atom stereocenters. The van der Waals surface area contributed by atoms with Crippen LogP contribution in [-0.4, -0.2) is 43.8 Å². The van der Waals surface area contributed by atoms with Gasteiger partial charge in [0, 0.05) is 25.4 Å². The fourth-order valence-corrected chi connectivity index (χ4v) is 4.61. The van der Waals surface area contributed by atoms with Gasteiger partial charge in [-0.25, -0.2) is 13.8 Å². The lowest BCUT2D eigenvalue weighted by molar-refractivity contribution is -0.121. The van der Waals surface area contributed by atoms with Gasteiger partial charge < -0.3 is 5.32 Å². The van der Waals surface area contributed by atoms with Gasteiger partial charge in [0.2, 0.25) is 15.9 Å². The Morgan fingerprint density at radius 3 is 2.20 bits per heavy atom. The van der Waals surface area contributed by atoms with E-state index < -0.39 is 15.9 Å². The first-order chi connectivity index (χ1) is 13.9. The molecule has 1 aromatic carbocycles. The van der Waals surface area contributed by atoms with E-state index in [2.05, 4.69) is 36.6 Å². The minimum absolute atomic E-state index is 0.0405. The van der Waals surface area contributed by atoms with Crippen LogP contribution in [0.4, 0.5) is 5.69 Å². The van der Waals surface area contributed by atoms with Gasteiger partial charge in [0.05, 0.1) is 11.4 Å². The highest BCUT2D eigenvalue weighted by atomic mass is 32.2. The van der Waals surface area contributed by atoms with Crippen LogP contribution in [0.15, 0.2) is 34.3 Å². The average Bonchev–Trinajstić information content (AvgIpc) is 2.66. The van der Waals surface area contributed by atoms with Gasteiger partial charge >= 0.3 is 0 Å². The third-order valence-corrected chi connectivity index (χ3v) is 7.19. The average molecular weight is 437 g/mol. The summed E-state index contributed by atoms with van der Waals surface area (Å²) in [6.45, 7) is 7.76. The molecule has 0 aromatic heterocycles. The summed E-state index contributed by atoms with van der Waals surface area (Å²) in [5, 5.41) is 6.78. The van der Waals surface area contributed by atoms with Crippen molar-refractivity contribution in [2.75, 3.05) is 18.9 Å². The largest absolute Gasteiger partial charge is 0.326 e. The smallest absolute Gasteiger partial charge is 0.255 e. The van der Waals surface area contributed by atoms with E-state index in [-0.39, 0.29) is 22.8 Å². The van der Waals surface area contributed by atoms with E-state index in [0.717, 1.165) is 35.7 Å². The highest BCUT2D eigenvalue weighted by Gasteiger charge is 2.28. The molecule has 2 N–H and O–H groups in total. The predicted octanol–water partition coefficient (Wildman–Crippen LogP) is 2.97. The lowest BCUT2D eigenvalue weighted by Gasteiger charge is -2.34. The van der Waals surface area contributed by atoms with E-state index in [1.165, 1.54) is 38.2 Å². The van der Waals surface area contributed by atoms with Crippen molar-refractivity contribution in [2.45, 2.75) is 58.3 Å². The predicted molar refractivity (Wildman–Crippen MR) is 118 cm³/mol. The van der Waals surface area contributed by atoms with Crippen LogP contribution in [0.3, 0.4) is 0 Å². The molecule has 2 amide bonds. The summed E-state index contributed by atoms with van der Waals surface area (Å²) in [7, 11) is -2.49. The third kappa shape index (κ3) is 6.63. The highest BCUT2D eigenvalue weighted by molar-refractivity contribution is 7.89. The summed E-state index contributed by atoms with van der Waals surface area (Å²) in [5.74, 6) is -0.0882. The monoisotopic (exact) mass is 436 g/mol. The van der Waals surface area contributed by atoms with Crippen molar-refractivity contribution in [3.05, 3.63) is 24.3 Å². The summed E-state index contributed by atoms with van der Waals surface area (Å²) in [6, 6.07) is 5.79. The van der Waals surface area contributed by atoms with Gasteiger partial charge in [-0.15, -0.1) is 0 Å². The van der Waals surface area contributed by atoms with Crippen LogP contribution in [0, 0.1) is 11.3 Å². The second kappa shape index (κ2) is 9.70.